The molecule has 0 spiro atoms. The highest BCUT2D eigenvalue weighted by molar-refractivity contribution is 7.78. The first-order chi connectivity index (χ1) is 5.18. The summed E-state index contributed by atoms with van der Waals surface area (Å²) >= 11 is 4.39. The fourth-order valence-corrected chi connectivity index (χ4v) is 0.501. The van der Waals surface area contributed by atoms with E-state index in [-0.39, 0.29) is 18.5 Å². The number of ether oxygens (including phenoxy) is 2. The van der Waals surface area contributed by atoms with Crippen LogP contribution >= 0.6 is 12.2 Å². The highest BCUT2D eigenvalue weighted by atomic mass is 32.1. The van der Waals surface area contributed by atoms with Crippen LogP contribution in [-0.2, 0) is 14.3 Å². The van der Waals surface area contributed by atoms with Crippen LogP contribution in [0.3, 0.4) is 0 Å². The highest BCUT2D eigenvalue weighted by Crippen LogP contribution is 1.94. The minimum absolute atomic E-state index is 0.0810. The summed E-state index contributed by atoms with van der Waals surface area (Å²) in [6, 6.07) is 0. The number of esters is 1. The molecule has 0 aliphatic heterocycles. The quantitative estimate of drug-likeness (QED) is 0.358. The lowest BCUT2D eigenvalue weighted by Crippen LogP contribution is -2.14. The molecule has 3 nitrogen and oxygen atoms in total. The normalized spacial score (nSPS) is 9.36. The van der Waals surface area contributed by atoms with E-state index in [2.05, 4.69) is 17.0 Å². The summed E-state index contributed by atoms with van der Waals surface area (Å²) in [5.74, 6) is -0.291. The van der Waals surface area contributed by atoms with Gasteiger partial charge in [0, 0.05) is 0 Å². The molecule has 0 aromatic heterocycles. The van der Waals surface area contributed by atoms with Gasteiger partial charge in [0.25, 0.3) is 0 Å². The molecule has 64 valence electrons. The number of carbonyl (C=O) groups is 1. The van der Waals surface area contributed by atoms with Crippen molar-refractivity contribution in [2.45, 2.75) is 13.8 Å². The van der Waals surface area contributed by atoms with Gasteiger partial charge in [0.05, 0.1) is 5.92 Å². The summed E-state index contributed by atoms with van der Waals surface area (Å²) in [5, 5.41) is 0. The molecule has 4 heteroatoms. The molecule has 0 rings (SSSR count). The van der Waals surface area contributed by atoms with Crippen molar-refractivity contribution in [2.24, 2.45) is 5.92 Å². The van der Waals surface area contributed by atoms with Gasteiger partial charge in [-0.05, 0) is 12.2 Å². The third-order valence-electron chi connectivity index (χ3n) is 0.985. The van der Waals surface area contributed by atoms with Gasteiger partial charge in [-0.2, -0.15) is 0 Å². The predicted octanol–water partition coefficient (Wildman–Crippen LogP) is 1.16. The first kappa shape index (κ1) is 10.4. The van der Waals surface area contributed by atoms with Crippen LogP contribution in [0.15, 0.2) is 0 Å². The highest BCUT2D eigenvalue weighted by Gasteiger charge is 2.06. The van der Waals surface area contributed by atoms with E-state index >= 15 is 0 Å². The Labute approximate surface area is 71.7 Å². The number of rotatable bonds is 5. The van der Waals surface area contributed by atoms with Crippen molar-refractivity contribution in [1.82, 2.24) is 0 Å². The van der Waals surface area contributed by atoms with Crippen LogP contribution in [0.1, 0.15) is 13.8 Å². The molecule has 0 N–H and O–H groups in total. The topological polar surface area (TPSA) is 35.5 Å². The molecule has 0 aliphatic carbocycles. The van der Waals surface area contributed by atoms with E-state index in [1.165, 1.54) is 0 Å². The van der Waals surface area contributed by atoms with Crippen LogP contribution in [0.4, 0.5) is 0 Å². The van der Waals surface area contributed by atoms with Gasteiger partial charge in [-0.3, -0.25) is 4.79 Å². The molecule has 0 saturated heterocycles. The van der Waals surface area contributed by atoms with Crippen molar-refractivity contribution in [3.8, 4) is 0 Å². The SMILES string of the molecule is CC(C)C(=O)OCCOC=S. The molecule has 0 atom stereocenters. The van der Waals surface area contributed by atoms with Crippen LogP contribution in [0, 0.1) is 5.92 Å². The van der Waals surface area contributed by atoms with Crippen molar-refractivity contribution in [1.29, 1.82) is 0 Å². The Bertz CT molecular complexity index is 134. The van der Waals surface area contributed by atoms with Crippen molar-refractivity contribution < 1.29 is 14.3 Å². The van der Waals surface area contributed by atoms with Crippen LogP contribution < -0.4 is 0 Å². The summed E-state index contributed by atoms with van der Waals surface area (Å²) in [6.07, 6.45) is 0. The molecule has 0 fully saturated rings. The van der Waals surface area contributed by atoms with Gasteiger partial charge in [-0.1, -0.05) is 13.8 Å². The Hall–Kier alpha value is -0.640. The standard InChI is InChI=1S/C7H12O3S/c1-6(2)7(8)10-4-3-9-5-11/h5-6H,3-4H2,1-2H3. The maximum Gasteiger partial charge on any atom is 0.308 e. The number of hydrogen-bond donors (Lipinski definition) is 0. The largest absolute Gasteiger partial charge is 0.486 e. The minimum Gasteiger partial charge on any atom is -0.486 e. The predicted molar refractivity (Wildman–Crippen MR) is 45.4 cm³/mol. The van der Waals surface area contributed by atoms with Gasteiger partial charge >= 0.3 is 5.97 Å². The zero-order chi connectivity index (χ0) is 8.69. The minimum atomic E-state index is -0.210. The fourth-order valence-electron chi connectivity index (χ4n) is 0.405. The van der Waals surface area contributed by atoms with Crippen molar-refractivity contribution in [3.63, 3.8) is 0 Å². The van der Waals surface area contributed by atoms with E-state index < -0.39 is 0 Å². The average Bonchev–Trinajstić information content (AvgIpc) is 1.97. The van der Waals surface area contributed by atoms with E-state index in [0.29, 0.717) is 6.61 Å². The molecule has 0 radical (unpaired) electrons. The Kier molecular flexibility index (Phi) is 5.74. The lowest BCUT2D eigenvalue weighted by molar-refractivity contribution is -0.148. The molecule has 0 saturated carbocycles. The number of hydrogen-bond acceptors (Lipinski definition) is 4. The second-order valence-corrected chi connectivity index (χ2v) is 2.48. The average molecular weight is 176 g/mol. The molecule has 0 aromatic rings. The molecule has 11 heavy (non-hydrogen) atoms. The van der Waals surface area contributed by atoms with Crippen molar-refractivity contribution >= 4 is 23.7 Å². The second kappa shape index (κ2) is 6.09. The Balaban J connectivity index is 3.24. The van der Waals surface area contributed by atoms with Crippen LogP contribution in [-0.4, -0.2) is 24.7 Å². The van der Waals surface area contributed by atoms with E-state index in [9.17, 15) is 4.79 Å². The smallest absolute Gasteiger partial charge is 0.308 e. The van der Waals surface area contributed by atoms with Gasteiger partial charge in [0.15, 0.2) is 0 Å². The molecule has 0 aromatic carbocycles. The van der Waals surface area contributed by atoms with Crippen molar-refractivity contribution in [2.75, 3.05) is 13.2 Å². The van der Waals surface area contributed by atoms with Gasteiger partial charge in [0.2, 0.25) is 0 Å². The van der Waals surface area contributed by atoms with Gasteiger partial charge < -0.3 is 9.47 Å². The van der Waals surface area contributed by atoms with Crippen molar-refractivity contribution in [3.05, 3.63) is 0 Å². The Morgan fingerprint density at radius 2 is 2.18 bits per heavy atom. The third kappa shape index (κ3) is 5.79. The first-order valence-electron chi connectivity index (χ1n) is 3.40. The molecular weight excluding hydrogens is 164 g/mol. The summed E-state index contributed by atoms with van der Waals surface area (Å²) in [4.78, 5) is 10.8. The molecule has 0 bridgehead atoms. The maximum atomic E-state index is 10.8. The van der Waals surface area contributed by atoms with E-state index in [1.807, 2.05) is 0 Å². The zero-order valence-corrected chi connectivity index (χ0v) is 7.52. The summed E-state index contributed by atoms with van der Waals surface area (Å²) in [6.45, 7) is 4.16. The number of carbonyl (C=O) groups excluding carboxylic acids is 1. The third-order valence-corrected chi connectivity index (χ3v) is 1.12. The first-order valence-corrected chi connectivity index (χ1v) is 3.87. The summed E-state index contributed by atoms with van der Waals surface area (Å²) in [5.41, 5.74) is 1.16. The summed E-state index contributed by atoms with van der Waals surface area (Å²) < 4.78 is 9.45. The maximum absolute atomic E-state index is 10.8. The van der Waals surface area contributed by atoms with Crippen LogP contribution in [0.2, 0.25) is 0 Å². The van der Waals surface area contributed by atoms with Crippen LogP contribution in [0.25, 0.3) is 0 Å². The molecule has 0 heterocycles. The molecule has 0 unspecified atom stereocenters. The molecule has 0 amide bonds. The lowest BCUT2D eigenvalue weighted by atomic mass is 10.2. The lowest BCUT2D eigenvalue weighted by Gasteiger charge is -2.05. The van der Waals surface area contributed by atoms with Gasteiger partial charge in [0.1, 0.15) is 18.8 Å². The molecular formula is C7H12O3S. The van der Waals surface area contributed by atoms with E-state index in [1.54, 1.807) is 13.8 Å². The Morgan fingerprint density at radius 3 is 2.64 bits per heavy atom. The number of thiocarbonyl (C=S) groups is 1. The van der Waals surface area contributed by atoms with Gasteiger partial charge in [-0.25, -0.2) is 0 Å². The fraction of sp³-hybridized carbons (Fsp3) is 0.714. The van der Waals surface area contributed by atoms with E-state index in [0.717, 1.165) is 5.55 Å². The van der Waals surface area contributed by atoms with E-state index in [4.69, 9.17) is 4.74 Å². The molecule has 0 aliphatic rings. The zero-order valence-electron chi connectivity index (χ0n) is 6.70. The monoisotopic (exact) mass is 176 g/mol. The van der Waals surface area contributed by atoms with Gasteiger partial charge in [-0.15, -0.1) is 0 Å². The summed E-state index contributed by atoms with van der Waals surface area (Å²) in [7, 11) is 0. The van der Waals surface area contributed by atoms with Crippen LogP contribution in [0.5, 0.6) is 0 Å². The Morgan fingerprint density at radius 1 is 1.55 bits per heavy atom. The second-order valence-electron chi connectivity index (χ2n) is 2.29.